The second-order valence-corrected chi connectivity index (χ2v) is 4.45. The van der Waals surface area contributed by atoms with Gasteiger partial charge in [-0.2, -0.15) is 5.26 Å². The van der Waals surface area contributed by atoms with Gasteiger partial charge in [0.2, 0.25) is 0 Å². The Hall–Kier alpha value is -1.99. The van der Waals surface area contributed by atoms with Gasteiger partial charge in [-0.05, 0) is 30.5 Å². The molecule has 0 fully saturated rings. The number of nitrogens with one attached hydrogen (secondary N) is 1. The third-order valence-electron chi connectivity index (χ3n) is 2.50. The monoisotopic (exact) mass is 258 g/mol. The predicted molar refractivity (Wildman–Crippen MR) is 72.6 cm³/mol. The van der Waals surface area contributed by atoms with E-state index in [9.17, 15) is 9.65 Å². The summed E-state index contributed by atoms with van der Waals surface area (Å²) < 4.78 is 13.5. The van der Waals surface area contributed by atoms with E-state index in [2.05, 4.69) is 11.4 Å². The largest absolute Gasteiger partial charge is 0.352 e. The fourth-order valence-electron chi connectivity index (χ4n) is 1.63. The van der Waals surface area contributed by atoms with Gasteiger partial charge in [0.05, 0.1) is 16.9 Å². The van der Waals surface area contributed by atoms with Crippen molar-refractivity contribution in [3.05, 3.63) is 53.8 Å². The molecule has 0 saturated carbocycles. The number of nitrogens with zero attached hydrogens (tertiary/aromatic N) is 1. The first-order valence-electron chi connectivity index (χ1n) is 5.35. The normalized spacial score (nSPS) is 9.83. The number of nitriles is 1. The highest BCUT2D eigenvalue weighted by molar-refractivity contribution is 7.98. The van der Waals surface area contributed by atoms with Gasteiger partial charge in [0.15, 0.2) is 0 Å². The summed E-state index contributed by atoms with van der Waals surface area (Å²) >= 11 is 1.49. The molecule has 0 aromatic heterocycles. The van der Waals surface area contributed by atoms with Crippen LogP contribution in [0.25, 0.3) is 0 Å². The number of hydrogen-bond acceptors (Lipinski definition) is 3. The maximum atomic E-state index is 13.5. The molecule has 4 heteroatoms. The van der Waals surface area contributed by atoms with Gasteiger partial charge in [-0.1, -0.05) is 18.2 Å². The van der Waals surface area contributed by atoms with Crippen LogP contribution in [-0.2, 0) is 0 Å². The Kier molecular flexibility index (Phi) is 3.85. The van der Waals surface area contributed by atoms with Crippen molar-refractivity contribution >= 4 is 23.1 Å². The third-order valence-corrected chi connectivity index (χ3v) is 3.28. The van der Waals surface area contributed by atoms with Gasteiger partial charge in [-0.3, -0.25) is 0 Å². The Morgan fingerprint density at radius 3 is 2.50 bits per heavy atom. The predicted octanol–water partition coefficient (Wildman–Crippen LogP) is 4.16. The molecule has 0 aliphatic carbocycles. The Morgan fingerprint density at radius 1 is 1.11 bits per heavy atom. The van der Waals surface area contributed by atoms with Crippen LogP contribution < -0.4 is 5.32 Å². The first-order chi connectivity index (χ1) is 8.76. The van der Waals surface area contributed by atoms with Crippen LogP contribution in [0.3, 0.4) is 0 Å². The van der Waals surface area contributed by atoms with Gasteiger partial charge in [-0.25, -0.2) is 4.39 Å². The number of para-hydroxylation sites is 1. The lowest BCUT2D eigenvalue weighted by atomic mass is 10.2. The lowest BCUT2D eigenvalue weighted by molar-refractivity contribution is 0.632. The smallest absolute Gasteiger partial charge is 0.146 e. The zero-order valence-electron chi connectivity index (χ0n) is 9.77. The van der Waals surface area contributed by atoms with E-state index < -0.39 is 0 Å². The van der Waals surface area contributed by atoms with Crippen molar-refractivity contribution in [2.45, 2.75) is 4.90 Å². The molecule has 0 unspecified atom stereocenters. The lowest BCUT2D eigenvalue weighted by Gasteiger charge is -2.11. The molecule has 0 heterocycles. The van der Waals surface area contributed by atoms with Crippen LogP contribution in [0, 0.1) is 17.1 Å². The number of halogens is 1. The van der Waals surface area contributed by atoms with Crippen molar-refractivity contribution < 1.29 is 4.39 Å². The van der Waals surface area contributed by atoms with Gasteiger partial charge in [0, 0.05) is 4.90 Å². The summed E-state index contributed by atoms with van der Waals surface area (Å²) in [4.78, 5) is 0.874. The minimum absolute atomic E-state index is 0.337. The molecule has 2 aromatic rings. The lowest BCUT2D eigenvalue weighted by Crippen LogP contribution is -1.97. The molecule has 0 aliphatic rings. The molecule has 2 nitrogen and oxygen atoms in total. The van der Waals surface area contributed by atoms with Crippen LogP contribution in [0.4, 0.5) is 15.8 Å². The molecule has 90 valence electrons. The van der Waals surface area contributed by atoms with Gasteiger partial charge >= 0.3 is 0 Å². The molecule has 18 heavy (non-hydrogen) atoms. The Balaban J connectivity index is 2.42. The van der Waals surface area contributed by atoms with Gasteiger partial charge in [0.1, 0.15) is 11.9 Å². The molecule has 1 N–H and O–H groups in total. The Bertz CT molecular complexity index is 605. The van der Waals surface area contributed by atoms with E-state index in [1.165, 1.54) is 17.8 Å². The number of anilines is 2. The minimum Gasteiger partial charge on any atom is -0.352 e. The zero-order chi connectivity index (χ0) is 13.0. The maximum absolute atomic E-state index is 13.5. The van der Waals surface area contributed by atoms with E-state index >= 15 is 0 Å². The van der Waals surface area contributed by atoms with E-state index in [1.54, 1.807) is 24.3 Å². The van der Waals surface area contributed by atoms with Crippen LogP contribution in [0.15, 0.2) is 47.4 Å². The van der Waals surface area contributed by atoms with E-state index in [1.807, 2.05) is 18.4 Å². The van der Waals surface area contributed by atoms with Gasteiger partial charge in [0.25, 0.3) is 0 Å². The average Bonchev–Trinajstić information content (AvgIpc) is 2.41. The van der Waals surface area contributed by atoms with Crippen molar-refractivity contribution in [3.63, 3.8) is 0 Å². The van der Waals surface area contributed by atoms with E-state index in [0.29, 0.717) is 16.9 Å². The van der Waals surface area contributed by atoms with Crippen molar-refractivity contribution in [2.75, 3.05) is 11.6 Å². The quantitative estimate of drug-likeness (QED) is 0.839. The summed E-state index contributed by atoms with van der Waals surface area (Å²) in [5.74, 6) is -0.337. The highest BCUT2D eigenvalue weighted by atomic mass is 32.2. The summed E-state index contributed by atoms with van der Waals surface area (Å²) in [5.41, 5.74) is 1.52. The Morgan fingerprint density at radius 2 is 1.83 bits per heavy atom. The van der Waals surface area contributed by atoms with Gasteiger partial charge < -0.3 is 5.32 Å². The molecule has 2 rings (SSSR count). The highest BCUT2D eigenvalue weighted by Crippen LogP contribution is 2.29. The summed E-state index contributed by atoms with van der Waals surface area (Å²) in [7, 11) is 0. The summed E-state index contributed by atoms with van der Waals surface area (Å²) in [6.07, 6.45) is 1.91. The van der Waals surface area contributed by atoms with Crippen molar-refractivity contribution in [1.82, 2.24) is 0 Å². The first-order valence-corrected chi connectivity index (χ1v) is 6.57. The average molecular weight is 258 g/mol. The molecule has 2 aromatic carbocycles. The van der Waals surface area contributed by atoms with Crippen LogP contribution in [0.1, 0.15) is 5.56 Å². The summed E-state index contributed by atoms with van der Waals surface area (Å²) in [5, 5.41) is 12.1. The number of benzene rings is 2. The van der Waals surface area contributed by atoms with Gasteiger partial charge in [-0.15, -0.1) is 11.8 Å². The Labute approximate surface area is 109 Å². The molecule has 0 bridgehead atoms. The van der Waals surface area contributed by atoms with Crippen LogP contribution in [0.5, 0.6) is 0 Å². The molecule has 0 saturated heterocycles. The van der Waals surface area contributed by atoms with Crippen molar-refractivity contribution in [3.8, 4) is 6.07 Å². The third kappa shape index (κ3) is 2.47. The molecular weight excluding hydrogens is 247 g/mol. The molecular formula is C14H11FN2S. The summed E-state index contributed by atoms with van der Waals surface area (Å²) in [6.45, 7) is 0. The van der Waals surface area contributed by atoms with Crippen LogP contribution in [0.2, 0.25) is 0 Å². The molecule has 0 radical (unpaired) electrons. The molecule has 0 amide bonds. The summed E-state index contributed by atoms with van der Waals surface area (Å²) in [6, 6.07) is 14.0. The van der Waals surface area contributed by atoms with E-state index in [4.69, 9.17) is 0 Å². The zero-order valence-corrected chi connectivity index (χ0v) is 10.6. The first kappa shape index (κ1) is 12.5. The molecule has 0 aliphatic heterocycles. The molecule has 0 spiro atoms. The number of rotatable bonds is 3. The van der Waals surface area contributed by atoms with E-state index in [-0.39, 0.29) is 5.82 Å². The van der Waals surface area contributed by atoms with Crippen molar-refractivity contribution in [1.29, 1.82) is 5.26 Å². The fourth-order valence-corrected chi connectivity index (χ4v) is 2.20. The van der Waals surface area contributed by atoms with Crippen LogP contribution in [-0.4, -0.2) is 6.26 Å². The topological polar surface area (TPSA) is 35.8 Å². The second kappa shape index (κ2) is 5.56. The number of thioether (sulfide) groups is 1. The van der Waals surface area contributed by atoms with Crippen LogP contribution >= 0.6 is 11.8 Å². The standard InChI is InChI=1S/C14H11FN2S/c1-18-14-8-4-7-12(10(14)9-16)17-13-6-3-2-5-11(13)15/h2-8,17H,1H3. The highest BCUT2D eigenvalue weighted by Gasteiger charge is 2.09. The maximum Gasteiger partial charge on any atom is 0.146 e. The second-order valence-electron chi connectivity index (χ2n) is 3.60. The van der Waals surface area contributed by atoms with Crippen molar-refractivity contribution in [2.24, 2.45) is 0 Å². The fraction of sp³-hybridized carbons (Fsp3) is 0.0714. The number of hydrogen-bond donors (Lipinski definition) is 1. The molecule has 0 atom stereocenters. The van der Waals surface area contributed by atoms with E-state index in [0.717, 1.165) is 4.90 Å². The minimum atomic E-state index is -0.337. The SMILES string of the molecule is CSc1cccc(Nc2ccccc2F)c1C#N.